The topological polar surface area (TPSA) is 91.7 Å². The number of para-hydroxylation sites is 2. The molecule has 0 aliphatic carbocycles. The molecule has 0 atom stereocenters. The minimum Gasteiger partial charge on any atom is -0.338 e. The largest absolute Gasteiger partial charge is 0.338 e. The standard InChI is InChI=1S/C19H13N7/c1-2-9-15-14(8-1)17-18(22-15)23-19(26-24-17)25-21-11-13-6-3-5-12-7-4-10-20-16(12)13/h1-11H,(H2,22,23,25,26)/b21-11-. The molecule has 3 heterocycles. The van der Waals surface area contributed by atoms with Crippen molar-refractivity contribution in [2.45, 2.75) is 0 Å². The van der Waals surface area contributed by atoms with Gasteiger partial charge in [-0.05, 0) is 12.1 Å². The summed E-state index contributed by atoms with van der Waals surface area (Å²) in [6.07, 6.45) is 3.47. The highest BCUT2D eigenvalue weighted by Crippen LogP contribution is 2.21. The number of hydrogen-bond donors (Lipinski definition) is 2. The molecule has 26 heavy (non-hydrogen) atoms. The smallest absolute Gasteiger partial charge is 0.265 e. The van der Waals surface area contributed by atoms with Gasteiger partial charge in [-0.2, -0.15) is 10.1 Å². The molecule has 7 heteroatoms. The van der Waals surface area contributed by atoms with Gasteiger partial charge in [-0.1, -0.05) is 42.5 Å². The van der Waals surface area contributed by atoms with Crippen molar-refractivity contribution < 1.29 is 0 Å². The number of aromatic nitrogens is 5. The summed E-state index contributed by atoms with van der Waals surface area (Å²) in [5.41, 5.74) is 7.03. The van der Waals surface area contributed by atoms with Gasteiger partial charge in [0.25, 0.3) is 5.95 Å². The fraction of sp³-hybridized carbons (Fsp3) is 0. The number of rotatable bonds is 3. The maximum Gasteiger partial charge on any atom is 0.265 e. The highest BCUT2D eigenvalue weighted by Gasteiger charge is 2.08. The van der Waals surface area contributed by atoms with Crippen molar-refractivity contribution in [3.63, 3.8) is 0 Å². The van der Waals surface area contributed by atoms with Gasteiger partial charge in [-0.25, -0.2) is 5.43 Å². The molecular weight excluding hydrogens is 326 g/mol. The first kappa shape index (κ1) is 14.5. The van der Waals surface area contributed by atoms with Gasteiger partial charge in [0.2, 0.25) is 0 Å². The van der Waals surface area contributed by atoms with E-state index in [-0.39, 0.29) is 0 Å². The van der Waals surface area contributed by atoms with Crippen LogP contribution in [-0.4, -0.2) is 31.4 Å². The number of H-pyrrole nitrogens is 1. The van der Waals surface area contributed by atoms with E-state index in [1.54, 1.807) is 12.4 Å². The molecule has 0 saturated heterocycles. The lowest BCUT2D eigenvalue weighted by atomic mass is 10.1. The summed E-state index contributed by atoms with van der Waals surface area (Å²) in [7, 11) is 0. The Morgan fingerprint density at radius 1 is 0.923 bits per heavy atom. The van der Waals surface area contributed by atoms with Crippen LogP contribution in [0.4, 0.5) is 5.95 Å². The van der Waals surface area contributed by atoms with E-state index < -0.39 is 0 Å². The van der Waals surface area contributed by atoms with E-state index >= 15 is 0 Å². The van der Waals surface area contributed by atoms with Gasteiger partial charge in [0.05, 0.1) is 11.7 Å². The fourth-order valence-electron chi connectivity index (χ4n) is 2.96. The maximum atomic E-state index is 4.44. The summed E-state index contributed by atoms with van der Waals surface area (Å²) in [5, 5.41) is 14.6. The number of fused-ring (bicyclic) bond motifs is 4. The van der Waals surface area contributed by atoms with Crippen LogP contribution in [0.15, 0.2) is 65.9 Å². The Kier molecular flexibility index (Phi) is 3.28. The molecule has 124 valence electrons. The van der Waals surface area contributed by atoms with Crippen LogP contribution >= 0.6 is 0 Å². The summed E-state index contributed by atoms with van der Waals surface area (Å²) in [4.78, 5) is 12.1. The molecule has 0 bridgehead atoms. The first-order valence-corrected chi connectivity index (χ1v) is 8.12. The second-order valence-electron chi connectivity index (χ2n) is 5.80. The zero-order chi connectivity index (χ0) is 17.3. The zero-order valence-corrected chi connectivity index (χ0v) is 13.6. The van der Waals surface area contributed by atoms with Gasteiger partial charge in [0.1, 0.15) is 5.52 Å². The van der Waals surface area contributed by atoms with Gasteiger partial charge < -0.3 is 4.98 Å². The van der Waals surface area contributed by atoms with Crippen LogP contribution in [0, 0.1) is 0 Å². The third-order valence-electron chi connectivity index (χ3n) is 4.15. The van der Waals surface area contributed by atoms with Crippen molar-refractivity contribution in [2.24, 2.45) is 5.10 Å². The Bertz CT molecular complexity index is 1270. The molecule has 0 fully saturated rings. The molecule has 0 spiro atoms. The molecule has 0 amide bonds. The van der Waals surface area contributed by atoms with Crippen LogP contribution in [0.25, 0.3) is 33.0 Å². The summed E-state index contributed by atoms with van der Waals surface area (Å²) in [6.45, 7) is 0. The average molecular weight is 339 g/mol. The lowest BCUT2D eigenvalue weighted by molar-refractivity contribution is 1.01. The van der Waals surface area contributed by atoms with E-state index in [4.69, 9.17) is 0 Å². The number of hydrogen-bond acceptors (Lipinski definition) is 6. The highest BCUT2D eigenvalue weighted by atomic mass is 15.4. The second kappa shape index (κ2) is 5.89. The van der Waals surface area contributed by atoms with Crippen LogP contribution in [0.5, 0.6) is 0 Å². The second-order valence-corrected chi connectivity index (χ2v) is 5.80. The molecule has 0 aliphatic rings. The van der Waals surface area contributed by atoms with E-state index in [1.165, 1.54) is 0 Å². The number of pyridine rings is 1. The highest BCUT2D eigenvalue weighted by molar-refractivity contribution is 6.03. The molecule has 2 aromatic carbocycles. The van der Waals surface area contributed by atoms with Crippen LogP contribution in [-0.2, 0) is 0 Å². The fourth-order valence-corrected chi connectivity index (χ4v) is 2.96. The molecule has 0 aliphatic heterocycles. The van der Waals surface area contributed by atoms with E-state index in [0.29, 0.717) is 11.6 Å². The van der Waals surface area contributed by atoms with Gasteiger partial charge >= 0.3 is 0 Å². The third-order valence-corrected chi connectivity index (χ3v) is 4.15. The van der Waals surface area contributed by atoms with Crippen LogP contribution in [0.2, 0.25) is 0 Å². The Balaban J connectivity index is 1.45. The van der Waals surface area contributed by atoms with Crippen molar-refractivity contribution in [3.05, 3.63) is 66.4 Å². The average Bonchev–Trinajstić information content (AvgIpc) is 3.06. The van der Waals surface area contributed by atoms with E-state index in [2.05, 4.69) is 35.7 Å². The van der Waals surface area contributed by atoms with Crippen LogP contribution in [0.1, 0.15) is 5.56 Å². The van der Waals surface area contributed by atoms with Gasteiger partial charge in [-0.3, -0.25) is 4.98 Å². The molecule has 5 aromatic rings. The summed E-state index contributed by atoms with van der Waals surface area (Å²) in [5.74, 6) is 0.327. The maximum absolute atomic E-state index is 4.44. The summed E-state index contributed by atoms with van der Waals surface area (Å²) >= 11 is 0. The third kappa shape index (κ3) is 2.42. The quantitative estimate of drug-likeness (QED) is 0.388. The first-order valence-electron chi connectivity index (χ1n) is 8.12. The molecular formula is C19H13N7. The Labute approximate surface area is 147 Å². The number of hydrazone groups is 1. The van der Waals surface area contributed by atoms with Gasteiger partial charge in [-0.15, -0.1) is 10.2 Å². The number of benzene rings is 2. The molecule has 2 N–H and O–H groups in total. The van der Waals surface area contributed by atoms with Crippen molar-refractivity contribution in [2.75, 3.05) is 5.43 Å². The van der Waals surface area contributed by atoms with E-state index in [0.717, 1.165) is 32.9 Å². The number of aromatic amines is 1. The molecule has 0 saturated carbocycles. The summed E-state index contributed by atoms with van der Waals surface area (Å²) in [6, 6.07) is 17.8. The zero-order valence-electron chi connectivity index (χ0n) is 13.6. The van der Waals surface area contributed by atoms with Crippen LogP contribution < -0.4 is 5.43 Å². The van der Waals surface area contributed by atoms with E-state index in [9.17, 15) is 0 Å². The molecule has 0 radical (unpaired) electrons. The summed E-state index contributed by atoms with van der Waals surface area (Å²) < 4.78 is 0. The number of nitrogens with one attached hydrogen (secondary N) is 2. The minimum atomic E-state index is 0.327. The normalized spacial score (nSPS) is 11.7. The predicted molar refractivity (Wildman–Crippen MR) is 102 cm³/mol. The Morgan fingerprint density at radius 3 is 2.85 bits per heavy atom. The molecule has 0 unspecified atom stereocenters. The number of anilines is 1. The number of nitrogens with zero attached hydrogens (tertiary/aromatic N) is 5. The monoisotopic (exact) mass is 339 g/mol. The van der Waals surface area contributed by atoms with Crippen molar-refractivity contribution in [1.29, 1.82) is 0 Å². The first-order chi connectivity index (χ1) is 12.9. The van der Waals surface area contributed by atoms with Crippen molar-refractivity contribution >= 4 is 45.1 Å². The van der Waals surface area contributed by atoms with Crippen LogP contribution in [0.3, 0.4) is 0 Å². The van der Waals surface area contributed by atoms with Gasteiger partial charge in [0, 0.05) is 28.0 Å². The molecule has 5 rings (SSSR count). The Hall–Kier alpha value is -3.87. The van der Waals surface area contributed by atoms with Crippen molar-refractivity contribution in [3.8, 4) is 0 Å². The van der Waals surface area contributed by atoms with Gasteiger partial charge in [0.15, 0.2) is 5.65 Å². The molecule has 7 nitrogen and oxygen atoms in total. The molecule has 3 aromatic heterocycles. The Morgan fingerprint density at radius 2 is 1.85 bits per heavy atom. The SMILES string of the molecule is C(=N/Nc1nnc2c(n1)[nH]c1ccccc12)/c1cccc2cccnc12. The van der Waals surface area contributed by atoms with Crippen molar-refractivity contribution in [1.82, 2.24) is 25.1 Å². The minimum absolute atomic E-state index is 0.327. The predicted octanol–water partition coefficient (Wildman–Crippen LogP) is 3.50. The lowest BCUT2D eigenvalue weighted by Gasteiger charge is -2.00. The lowest BCUT2D eigenvalue weighted by Crippen LogP contribution is -1.99. The van der Waals surface area contributed by atoms with E-state index in [1.807, 2.05) is 54.6 Å².